The summed E-state index contributed by atoms with van der Waals surface area (Å²) in [5.41, 5.74) is 5.22. The van der Waals surface area contributed by atoms with Crippen molar-refractivity contribution in [3.8, 4) is 22.6 Å². The maximum Gasteiger partial charge on any atom is 0.344 e. The molecule has 0 N–H and O–H groups in total. The lowest BCUT2D eigenvalue weighted by Crippen LogP contribution is -2.28. The van der Waals surface area contributed by atoms with E-state index in [1.54, 1.807) is 24.3 Å². The van der Waals surface area contributed by atoms with E-state index < -0.39 is 17.5 Å². The minimum Gasteiger partial charge on any atom is -0.429 e. The average molecular weight is 458 g/mol. The van der Waals surface area contributed by atoms with Crippen molar-refractivity contribution in [1.82, 2.24) is 0 Å². The largest absolute Gasteiger partial charge is 0.429 e. The number of carbonyl (C=O) groups excluding carboxylic acids is 1. The Morgan fingerprint density at radius 3 is 1.59 bits per heavy atom. The number of benzene rings is 4. The van der Waals surface area contributed by atoms with Crippen molar-refractivity contribution in [2.75, 3.05) is 0 Å². The fourth-order valence-electron chi connectivity index (χ4n) is 4.78. The van der Waals surface area contributed by atoms with E-state index in [1.807, 2.05) is 36.4 Å². The van der Waals surface area contributed by atoms with Crippen molar-refractivity contribution in [3.63, 3.8) is 0 Å². The Hall–Kier alpha value is -4.32. The zero-order valence-electron chi connectivity index (χ0n) is 17.7. The fraction of sp³-hybridized carbons (Fsp3) is 0.0357. The molecule has 34 heavy (non-hydrogen) atoms. The number of halogens is 3. The Labute approximate surface area is 193 Å². The van der Waals surface area contributed by atoms with Gasteiger partial charge in [-0.05, 0) is 57.6 Å². The summed E-state index contributed by atoms with van der Waals surface area (Å²) < 4.78 is 47.9. The first-order valence-electron chi connectivity index (χ1n) is 10.4. The standard InChI is InChI=1S/C28H17F3O3/c29-26(30)27(31)34-21-15-11-19(12-16-21)28(18-9-13-20(14-10-18)33-17-32)24-7-3-1-5-22(24)23-6-2-4-8-25(23)28/h1-17H. The first-order valence-corrected chi connectivity index (χ1v) is 10.4. The monoisotopic (exact) mass is 458 g/mol. The Kier molecular flexibility index (Phi) is 5.42. The molecule has 4 aromatic rings. The molecule has 0 aromatic heterocycles. The topological polar surface area (TPSA) is 35.5 Å². The van der Waals surface area contributed by atoms with Gasteiger partial charge in [-0.3, -0.25) is 4.79 Å². The molecule has 0 amide bonds. The molecule has 1 aliphatic carbocycles. The molecular formula is C28H17F3O3. The van der Waals surface area contributed by atoms with Crippen LogP contribution in [0.25, 0.3) is 11.1 Å². The molecule has 0 atom stereocenters. The molecule has 0 spiro atoms. The van der Waals surface area contributed by atoms with Gasteiger partial charge in [0, 0.05) is 0 Å². The van der Waals surface area contributed by atoms with E-state index >= 15 is 0 Å². The van der Waals surface area contributed by atoms with Crippen molar-refractivity contribution in [2.45, 2.75) is 5.41 Å². The predicted molar refractivity (Wildman–Crippen MR) is 121 cm³/mol. The van der Waals surface area contributed by atoms with Gasteiger partial charge in [0.1, 0.15) is 11.5 Å². The van der Waals surface area contributed by atoms with Gasteiger partial charge in [0.15, 0.2) is 0 Å². The van der Waals surface area contributed by atoms with Gasteiger partial charge in [0.25, 0.3) is 6.47 Å². The molecule has 5 rings (SSSR count). The van der Waals surface area contributed by atoms with E-state index in [9.17, 15) is 18.0 Å². The Morgan fingerprint density at radius 1 is 0.647 bits per heavy atom. The molecular weight excluding hydrogens is 441 g/mol. The second-order valence-corrected chi connectivity index (χ2v) is 7.74. The molecule has 3 nitrogen and oxygen atoms in total. The molecule has 0 fully saturated rings. The molecule has 0 bridgehead atoms. The second-order valence-electron chi connectivity index (χ2n) is 7.74. The van der Waals surface area contributed by atoms with Crippen molar-refractivity contribution < 1.29 is 27.4 Å². The van der Waals surface area contributed by atoms with Gasteiger partial charge >= 0.3 is 12.1 Å². The van der Waals surface area contributed by atoms with Crippen LogP contribution in [0, 0.1) is 0 Å². The number of hydrogen-bond acceptors (Lipinski definition) is 3. The van der Waals surface area contributed by atoms with E-state index in [-0.39, 0.29) is 5.75 Å². The SMILES string of the molecule is O=COc1ccc(C2(c3ccc(OC(F)=C(F)F)cc3)c3ccccc3-c3ccccc32)cc1. The summed E-state index contributed by atoms with van der Waals surface area (Å²) in [6, 6.07) is 27.8. The van der Waals surface area contributed by atoms with Crippen LogP contribution in [0.3, 0.4) is 0 Å². The predicted octanol–water partition coefficient (Wildman–Crippen LogP) is 7.00. The van der Waals surface area contributed by atoms with Crippen LogP contribution in [0.2, 0.25) is 0 Å². The second kappa shape index (κ2) is 8.56. The normalized spacial score (nSPS) is 12.9. The van der Waals surface area contributed by atoms with Crippen LogP contribution < -0.4 is 9.47 Å². The summed E-state index contributed by atoms with van der Waals surface area (Å²) in [5.74, 6) is 0.367. The Bertz CT molecular complexity index is 1340. The lowest BCUT2D eigenvalue weighted by Gasteiger charge is -2.34. The zero-order chi connectivity index (χ0) is 23.7. The summed E-state index contributed by atoms with van der Waals surface area (Å²) in [4.78, 5) is 10.8. The van der Waals surface area contributed by atoms with E-state index in [0.29, 0.717) is 12.2 Å². The summed E-state index contributed by atoms with van der Waals surface area (Å²) in [7, 11) is 0. The summed E-state index contributed by atoms with van der Waals surface area (Å²) >= 11 is 0. The highest BCUT2D eigenvalue weighted by molar-refractivity contribution is 5.86. The third-order valence-electron chi connectivity index (χ3n) is 6.07. The third-order valence-corrected chi connectivity index (χ3v) is 6.07. The van der Waals surface area contributed by atoms with Crippen LogP contribution >= 0.6 is 0 Å². The molecule has 0 saturated heterocycles. The average Bonchev–Trinajstić information content (AvgIpc) is 3.16. The highest BCUT2D eigenvalue weighted by Gasteiger charge is 2.45. The quantitative estimate of drug-likeness (QED) is 0.203. The minimum atomic E-state index is -2.52. The number of ether oxygens (including phenoxy) is 2. The van der Waals surface area contributed by atoms with Gasteiger partial charge in [-0.2, -0.15) is 13.2 Å². The Morgan fingerprint density at radius 2 is 1.12 bits per heavy atom. The smallest absolute Gasteiger partial charge is 0.344 e. The van der Waals surface area contributed by atoms with Crippen molar-refractivity contribution in [2.24, 2.45) is 0 Å². The zero-order valence-corrected chi connectivity index (χ0v) is 17.7. The first kappa shape index (κ1) is 21.5. The van der Waals surface area contributed by atoms with Crippen LogP contribution in [-0.2, 0) is 10.2 Å². The van der Waals surface area contributed by atoms with Crippen LogP contribution in [0.4, 0.5) is 13.2 Å². The first-order chi connectivity index (χ1) is 16.6. The third kappa shape index (κ3) is 3.35. The van der Waals surface area contributed by atoms with Gasteiger partial charge in [-0.15, -0.1) is 0 Å². The summed E-state index contributed by atoms with van der Waals surface area (Å²) in [6.45, 7) is 0.373. The van der Waals surface area contributed by atoms with Crippen LogP contribution in [0.5, 0.6) is 11.5 Å². The number of rotatable bonds is 6. The van der Waals surface area contributed by atoms with Crippen LogP contribution in [0.1, 0.15) is 22.3 Å². The number of fused-ring (bicyclic) bond motifs is 3. The van der Waals surface area contributed by atoms with E-state index in [2.05, 4.69) is 29.0 Å². The highest BCUT2D eigenvalue weighted by Crippen LogP contribution is 2.56. The number of hydrogen-bond donors (Lipinski definition) is 0. The maximum absolute atomic E-state index is 13.3. The van der Waals surface area contributed by atoms with Crippen molar-refractivity contribution in [3.05, 3.63) is 131 Å². The summed E-state index contributed by atoms with van der Waals surface area (Å²) in [6.07, 6.45) is -2.52. The fourth-order valence-corrected chi connectivity index (χ4v) is 4.78. The molecule has 168 valence electrons. The van der Waals surface area contributed by atoms with E-state index in [4.69, 9.17) is 4.74 Å². The van der Waals surface area contributed by atoms with Crippen molar-refractivity contribution in [1.29, 1.82) is 0 Å². The van der Waals surface area contributed by atoms with Crippen molar-refractivity contribution >= 4 is 6.47 Å². The van der Waals surface area contributed by atoms with Gasteiger partial charge in [0.2, 0.25) is 0 Å². The van der Waals surface area contributed by atoms with Crippen LogP contribution in [0.15, 0.2) is 109 Å². The Balaban J connectivity index is 1.75. The molecule has 0 heterocycles. The van der Waals surface area contributed by atoms with E-state index in [0.717, 1.165) is 33.4 Å². The molecule has 6 heteroatoms. The van der Waals surface area contributed by atoms with Gasteiger partial charge in [0.05, 0.1) is 5.41 Å². The molecule has 0 unspecified atom stereocenters. The van der Waals surface area contributed by atoms with Gasteiger partial charge in [-0.25, -0.2) is 0 Å². The summed E-state index contributed by atoms with van der Waals surface area (Å²) in [5, 5.41) is 0. The van der Waals surface area contributed by atoms with Gasteiger partial charge < -0.3 is 9.47 Å². The molecule has 0 radical (unpaired) electrons. The molecule has 4 aromatic carbocycles. The lowest BCUT2D eigenvalue weighted by molar-refractivity contribution is -0.120. The minimum absolute atomic E-state index is 0.0431. The van der Waals surface area contributed by atoms with Crippen LogP contribution in [-0.4, -0.2) is 6.47 Å². The van der Waals surface area contributed by atoms with Gasteiger partial charge in [-0.1, -0.05) is 72.8 Å². The number of carbonyl (C=O) groups is 1. The van der Waals surface area contributed by atoms with E-state index in [1.165, 1.54) is 12.1 Å². The molecule has 0 aliphatic heterocycles. The highest BCUT2D eigenvalue weighted by atomic mass is 19.3. The molecule has 1 aliphatic rings. The molecule has 0 saturated carbocycles. The maximum atomic E-state index is 13.3. The lowest BCUT2D eigenvalue weighted by atomic mass is 9.68.